The quantitative estimate of drug-likeness (QED) is 0.375. The predicted molar refractivity (Wildman–Crippen MR) is 95.7 cm³/mol. The number of anilines is 1. The highest BCUT2D eigenvalue weighted by molar-refractivity contribution is 5.82. The van der Waals surface area contributed by atoms with Crippen LogP contribution in [0.5, 0.6) is 0 Å². The van der Waals surface area contributed by atoms with Gasteiger partial charge < -0.3 is 13.7 Å². The monoisotopic (exact) mass is 349 g/mol. The van der Waals surface area contributed by atoms with Gasteiger partial charge >= 0.3 is 0 Å². The van der Waals surface area contributed by atoms with E-state index >= 15 is 0 Å². The zero-order chi connectivity index (χ0) is 17.9. The highest BCUT2D eigenvalue weighted by Crippen LogP contribution is 2.25. The first kappa shape index (κ1) is 15.9. The Morgan fingerprint density at radius 3 is 2.23 bits per heavy atom. The van der Waals surface area contributed by atoms with E-state index in [1.807, 2.05) is 41.3 Å². The van der Waals surface area contributed by atoms with Crippen molar-refractivity contribution in [3.8, 4) is 0 Å². The summed E-state index contributed by atoms with van der Waals surface area (Å²) in [7, 11) is 0. The van der Waals surface area contributed by atoms with Crippen LogP contribution in [0.25, 0.3) is 10.9 Å². The Morgan fingerprint density at radius 1 is 0.962 bits per heavy atom. The summed E-state index contributed by atoms with van der Waals surface area (Å²) in [6, 6.07) is 15.8. The van der Waals surface area contributed by atoms with E-state index in [-0.39, 0.29) is 5.69 Å². The van der Waals surface area contributed by atoms with Crippen LogP contribution in [0.3, 0.4) is 0 Å². The fourth-order valence-corrected chi connectivity index (χ4v) is 2.79. The predicted octanol–water partition coefficient (Wildman–Crippen LogP) is 4.54. The molecule has 26 heavy (non-hydrogen) atoms. The third-order valence-corrected chi connectivity index (χ3v) is 4.05. The average molecular weight is 349 g/mol. The first-order valence-electron chi connectivity index (χ1n) is 8.04. The number of nitro benzene ring substituents is 1. The Balaban J connectivity index is 1.69. The number of rotatable bonds is 6. The molecule has 0 saturated heterocycles. The number of non-ortho nitro benzene ring substituents is 1. The number of pyridine rings is 1. The van der Waals surface area contributed by atoms with Crippen molar-refractivity contribution in [1.29, 1.82) is 0 Å². The fraction of sp³-hybridized carbons (Fsp3) is 0.105. The smallest absolute Gasteiger partial charge is 0.270 e. The van der Waals surface area contributed by atoms with Gasteiger partial charge in [0, 0.05) is 17.5 Å². The van der Waals surface area contributed by atoms with E-state index in [0.29, 0.717) is 18.6 Å². The van der Waals surface area contributed by atoms with Gasteiger partial charge in [-0.3, -0.25) is 10.1 Å². The van der Waals surface area contributed by atoms with E-state index in [1.54, 1.807) is 18.6 Å². The number of hydrogen-bond acceptors (Lipinski definition) is 6. The van der Waals surface area contributed by atoms with Gasteiger partial charge in [-0.25, -0.2) is 4.98 Å². The topological polar surface area (TPSA) is 85.5 Å². The van der Waals surface area contributed by atoms with Crippen molar-refractivity contribution in [2.24, 2.45) is 0 Å². The number of nitro groups is 1. The van der Waals surface area contributed by atoms with Gasteiger partial charge in [0.2, 0.25) is 0 Å². The summed E-state index contributed by atoms with van der Waals surface area (Å²) in [5, 5.41) is 11.7. The molecule has 4 aromatic rings. The maximum Gasteiger partial charge on any atom is 0.270 e. The highest BCUT2D eigenvalue weighted by atomic mass is 16.6. The zero-order valence-corrected chi connectivity index (χ0v) is 13.7. The van der Waals surface area contributed by atoms with Crippen molar-refractivity contribution in [2.45, 2.75) is 13.1 Å². The average Bonchev–Trinajstić information content (AvgIpc) is 3.34. The Labute approximate surface area is 148 Å². The van der Waals surface area contributed by atoms with Crippen LogP contribution in [-0.4, -0.2) is 9.91 Å². The molecule has 0 aliphatic carbocycles. The van der Waals surface area contributed by atoms with Gasteiger partial charge in [0.1, 0.15) is 17.3 Å². The van der Waals surface area contributed by atoms with E-state index in [4.69, 9.17) is 8.83 Å². The van der Waals surface area contributed by atoms with E-state index in [1.165, 1.54) is 12.1 Å². The molecular weight excluding hydrogens is 334 g/mol. The first-order chi connectivity index (χ1) is 12.7. The molecule has 0 aliphatic rings. The molecule has 0 aliphatic heterocycles. The van der Waals surface area contributed by atoms with Crippen LogP contribution in [-0.2, 0) is 13.1 Å². The van der Waals surface area contributed by atoms with Crippen molar-refractivity contribution < 1.29 is 13.8 Å². The lowest BCUT2D eigenvalue weighted by molar-refractivity contribution is -0.384. The van der Waals surface area contributed by atoms with E-state index < -0.39 is 4.92 Å². The number of furan rings is 2. The van der Waals surface area contributed by atoms with Crippen LogP contribution in [0, 0.1) is 10.1 Å². The molecule has 130 valence electrons. The van der Waals surface area contributed by atoms with E-state index in [9.17, 15) is 10.1 Å². The minimum Gasteiger partial charge on any atom is -0.467 e. The first-order valence-corrected chi connectivity index (χ1v) is 8.04. The lowest BCUT2D eigenvalue weighted by atomic mass is 10.2. The van der Waals surface area contributed by atoms with Crippen LogP contribution >= 0.6 is 0 Å². The fourth-order valence-electron chi connectivity index (χ4n) is 2.79. The van der Waals surface area contributed by atoms with Crippen LogP contribution in [0.4, 0.5) is 11.5 Å². The molecule has 4 rings (SSSR count). The molecule has 3 aromatic heterocycles. The Kier molecular flexibility index (Phi) is 4.10. The minimum atomic E-state index is -0.409. The molecular formula is C19H15N3O4. The van der Waals surface area contributed by atoms with E-state index in [0.717, 1.165) is 22.7 Å². The standard InChI is InChI=1S/C19H15N3O4/c23-22(24)15-6-7-18-14(11-15)5-8-19(20-18)21(12-16-3-1-9-25-16)13-17-4-2-10-26-17/h1-11H,12-13H2. The number of benzene rings is 1. The maximum absolute atomic E-state index is 10.9. The van der Waals surface area contributed by atoms with E-state index in [2.05, 4.69) is 4.98 Å². The summed E-state index contributed by atoms with van der Waals surface area (Å²) in [5.41, 5.74) is 0.743. The third-order valence-electron chi connectivity index (χ3n) is 4.05. The maximum atomic E-state index is 10.9. The number of hydrogen-bond donors (Lipinski definition) is 0. The summed E-state index contributed by atoms with van der Waals surface area (Å²) < 4.78 is 10.9. The normalized spacial score (nSPS) is 10.9. The van der Waals surface area contributed by atoms with Crippen LogP contribution in [0.2, 0.25) is 0 Å². The van der Waals surface area contributed by atoms with Crippen LogP contribution in [0.1, 0.15) is 11.5 Å². The second-order valence-corrected chi connectivity index (χ2v) is 5.82. The second-order valence-electron chi connectivity index (χ2n) is 5.82. The Morgan fingerprint density at radius 2 is 1.65 bits per heavy atom. The van der Waals surface area contributed by atoms with Crippen molar-refractivity contribution in [3.63, 3.8) is 0 Å². The number of nitrogens with zero attached hydrogens (tertiary/aromatic N) is 3. The van der Waals surface area contributed by atoms with Crippen LogP contribution in [0.15, 0.2) is 76.0 Å². The Hall–Kier alpha value is -3.61. The molecule has 3 heterocycles. The molecule has 0 bridgehead atoms. The van der Waals surface area contributed by atoms with Crippen molar-refractivity contribution in [1.82, 2.24) is 4.98 Å². The molecule has 0 atom stereocenters. The largest absolute Gasteiger partial charge is 0.467 e. The molecule has 7 heteroatoms. The molecule has 0 unspecified atom stereocenters. The summed E-state index contributed by atoms with van der Waals surface area (Å²) >= 11 is 0. The number of aromatic nitrogens is 1. The summed E-state index contributed by atoms with van der Waals surface area (Å²) in [5.74, 6) is 2.35. The molecule has 0 spiro atoms. The SMILES string of the molecule is O=[N+]([O-])c1ccc2nc(N(Cc3ccco3)Cc3ccco3)ccc2c1. The molecule has 7 nitrogen and oxygen atoms in total. The summed E-state index contributed by atoms with van der Waals surface area (Å²) in [4.78, 5) is 17.2. The lowest BCUT2D eigenvalue weighted by Crippen LogP contribution is -2.22. The van der Waals surface area contributed by atoms with Gasteiger partial charge in [-0.15, -0.1) is 0 Å². The molecule has 0 saturated carbocycles. The minimum absolute atomic E-state index is 0.0510. The van der Waals surface area contributed by atoms with Crippen molar-refractivity contribution in [3.05, 3.63) is 88.8 Å². The van der Waals surface area contributed by atoms with Gasteiger partial charge in [0.05, 0.1) is 36.1 Å². The third kappa shape index (κ3) is 3.27. The van der Waals surface area contributed by atoms with Crippen molar-refractivity contribution in [2.75, 3.05) is 4.90 Å². The van der Waals surface area contributed by atoms with Crippen molar-refractivity contribution >= 4 is 22.4 Å². The molecule has 0 amide bonds. The van der Waals surface area contributed by atoms with Gasteiger partial charge in [0.15, 0.2) is 0 Å². The van der Waals surface area contributed by atoms with Gasteiger partial charge in [0.25, 0.3) is 5.69 Å². The lowest BCUT2D eigenvalue weighted by Gasteiger charge is -2.22. The van der Waals surface area contributed by atoms with Gasteiger partial charge in [-0.1, -0.05) is 0 Å². The van der Waals surface area contributed by atoms with Gasteiger partial charge in [-0.2, -0.15) is 0 Å². The molecule has 0 fully saturated rings. The number of fused-ring (bicyclic) bond motifs is 1. The summed E-state index contributed by atoms with van der Waals surface area (Å²) in [6.45, 7) is 1.05. The molecule has 0 radical (unpaired) electrons. The Bertz CT molecular complexity index is 990. The van der Waals surface area contributed by atoms with Crippen LogP contribution < -0.4 is 4.90 Å². The highest BCUT2D eigenvalue weighted by Gasteiger charge is 2.14. The molecule has 0 N–H and O–H groups in total. The molecule has 1 aromatic carbocycles. The summed E-state index contributed by atoms with van der Waals surface area (Å²) in [6.07, 6.45) is 3.26. The van der Waals surface area contributed by atoms with Gasteiger partial charge in [-0.05, 0) is 42.5 Å². The second kappa shape index (κ2) is 6.72. The zero-order valence-electron chi connectivity index (χ0n) is 13.7.